The van der Waals surface area contributed by atoms with E-state index in [1.54, 1.807) is 43.9 Å². The number of nitro benzene ring substituents is 2. The molecular formula is C26H32N4O8. The van der Waals surface area contributed by atoms with Gasteiger partial charge in [0.05, 0.1) is 27.7 Å². The smallest absolute Gasteiger partial charge is 0.410 e. The highest BCUT2D eigenvalue weighted by molar-refractivity contribution is 5.88. The second-order valence-electron chi connectivity index (χ2n) is 10.1. The number of phenolic OH excluding ortho intramolecular Hbond substituents is 1. The molecule has 204 valence electrons. The Morgan fingerprint density at radius 3 is 2.50 bits per heavy atom. The highest BCUT2D eigenvalue weighted by Crippen LogP contribution is 2.41. The molecule has 1 aliphatic heterocycles. The monoisotopic (exact) mass is 528 g/mol. The fourth-order valence-corrected chi connectivity index (χ4v) is 4.39. The number of carbonyl (C=O) groups is 1. The van der Waals surface area contributed by atoms with Crippen molar-refractivity contribution < 1.29 is 29.3 Å². The van der Waals surface area contributed by atoms with E-state index in [0.29, 0.717) is 30.7 Å². The molecule has 1 amide bonds. The highest BCUT2D eigenvalue weighted by Gasteiger charge is 2.42. The Hall–Kier alpha value is -4.22. The standard InChI is InChI=1S/C26H32N4O8/c1-5-6-10-21(27-38-23-12-11-18(29(33)34)16-22(23)30(35)36)20-13-14-28(25(32)37-26(2,3)4)24(20)17-8-7-9-19(31)15-17/h7-9,11-12,15-16,20,24,31H,5-6,10,13-14H2,1-4H3/b27-21+. The van der Waals surface area contributed by atoms with Crippen LogP contribution in [0.5, 0.6) is 11.5 Å². The number of ether oxygens (including phenoxy) is 1. The summed E-state index contributed by atoms with van der Waals surface area (Å²) in [6.45, 7) is 7.71. The Bertz CT molecular complexity index is 1220. The van der Waals surface area contributed by atoms with Crippen molar-refractivity contribution in [2.45, 2.75) is 65.0 Å². The summed E-state index contributed by atoms with van der Waals surface area (Å²) in [7, 11) is 0. The minimum atomic E-state index is -0.765. The van der Waals surface area contributed by atoms with E-state index < -0.39 is 39.0 Å². The van der Waals surface area contributed by atoms with Gasteiger partial charge in [-0.25, -0.2) is 4.79 Å². The van der Waals surface area contributed by atoms with E-state index in [1.807, 2.05) is 6.92 Å². The fourth-order valence-electron chi connectivity index (χ4n) is 4.39. The van der Waals surface area contributed by atoms with Crippen LogP contribution in [0.25, 0.3) is 0 Å². The predicted octanol–water partition coefficient (Wildman–Crippen LogP) is 6.13. The molecule has 1 saturated heterocycles. The number of rotatable bonds is 9. The zero-order chi connectivity index (χ0) is 28.0. The van der Waals surface area contributed by atoms with Gasteiger partial charge in [0.15, 0.2) is 0 Å². The summed E-state index contributed by atoms with van der Waals surface area (Å²) in [5.74, 6) is -0.513. The average molecular weight is 529 g/mol. The molecule has 12 nitrogen and oxygen atoms in total. The number of nitrogens with zero attached hydrogens (tertiary/aromatic N) is 4. The van der Waals surface area contributed by atoms with Crippen LogP contribution in [0.15, 0.2) is 47.6 Å². The van der Waals surface area contributed by atoms with Crippen LogP contribution < -0.4 is 4.84 Å². The van der Waals surface area contributed by atoms with Gasteiger partial charge in [-0.1, -0.05) is 30.6 Å². The lowest BCUT2D eigenvalue weighted by Gasteiger charge is -2.31. The van der Waals surface area contributed by atoms with Crippen molar-refractivity contribution in [2.75, 3.05) is 6.54 Å². The molecule has 1 N–H and O–H groups in total. The number of hydrogen-bond acceptors (Lipinski definition) is 9. The number of aromatic hydroxyl groups is 1. The Balaban J connectivity index is 2.02. The molecule has 1 heterocycles. The third-order valence-corrected chi connectivity index (χ3v) is 6.06. The van der Waals surface area contributed by atoms with E-state index in [4.69, 9.17) is 9.57 Å². The lowest BCUT2D eigenvalue weighted by atomic mass is 9.87. The molecule has 0 bridgehead atoms. The summed E-state index contributed by atoms with van der Waals surface area (Å²) in [5, 5.41) is 37.1. The van der Waals surface area contributed by atoms with E-state index in [2.05, 4.69) is 5.16 Å². The molecule has 0 aromatic heterocycles. The van der Waals surface area contributed by atoms with Crippen LogP contribution in [-0.2, 0) is 4.74 Å². The zero-order valence-electron chi connectivity index (χ0n) is 21.8. The number of oxime groups is 1. The summed E-state index contributed by atoms with van der Waals surface area (Å²) < 4.78 is 5.64. The first kappa shape index (κ1) is 28.4. The summed E-state index contributed by atoms with van der Waals surface area (Å²) in [6.07, 6.45) is 2.11. The van der Waals surface area contributed by atoms with Crippen LogP contribution in [-0.4, -0.2) is 43.8 Å². The third kappa shape index (κ3) is 6.96. The summed E-state index contributed by atoms with van der Waals surface area (Å²) in [5.41, 5.74) is -0.464. The van der Waals surface area contributed by atoms with Gasteiger partial charge < -0.3 is 19.6 Å². The normalized spacial score (nSPS) is 17.8. The van der Waals surface area contributed by atoms with Gasteiger partial charge in [0, 0.05) is 18.5 Å². The number of carbonyl (C=O) groups excluding carboxylic acids is 1. The number of benzene rings is 2. The largest absolute Gasteiger partial charge is 0.508 e. The van der Waals surface area contributed by atoms with Crippen molar-refractivity contribution in [1.82, 2.24) is 4.90 Å². The van der Waals surface area contributed by atoms with Crippen molar-refractivity contribution >= 4 is 23.2 Å². The molecule has 3 rings (SSSR count). The maximum atomic E-state index is 13.1. The lowest BCUT2D eigenvalue weighted by molar-refractivity contribution is -0.394. The van der Waals surface area contributed by atoms with Gasteiger partial charge in [0.1, 0.15) is 11.4 Å². The van der Waals surface area contributed by atoms with E-state index in [1.165, 1.54) is 6.07 Å². The SMILES string of the molecule is CCCC/C(=N\Oc1ccc([N+](=O)[O-])cc1[N+](=O)[O-])C1CCN(C(=O)OC(C)(C)C)C1c1cccc(O)c1. The second-order valence-corrected chi connectivity index (χ2v) is 10.1. The van der Waals surface area contributed by atoms with Crippen LogP contribution in [0.4, 0.5) is 16.2 Å². The van der Waals surface area contributed by atoms with Crippen LogP contribution >= 0.6 is 0 Å². The number of hydrogen-bond donors (Lipinski definition) is 1. The predicted molar refractivity (Wildman–Crippen MR) is 139 cm³/mol. The van der Waals surface area contributed by atoms with Crippen LogP contribution in [0.1, 0.15) is 65.0 Å². The minimum Gasteiger partial charge on any atom is -0.508 e. The molecule has 0 spiro atoms. The molecule has 2 aromatic rings. The first-order valence-corrected chi connectivity index (χ1v) is 12.4. The Morgan fingerprint density at radius 1 is 1.16 bits per heavy atom. The number of phenols is 1. The molecule has 0 aliphatic carbocycles. The zero-order valence-corrected chi connectivity index (χ0v) is 21.8. The van der Waals surface area contributed by atoms with Crippen molar-refractivity contribution in [3.63, 3.8) is 0 Å². The molecule has 2 atom stereocenters. The van der Waals surface area contributed by atoms with E-state index in [-0.39, 0.29) is 17.4 Å². The fraction of sp³-hybridized carbons (Fsp3) is 0.462. The maximum absolute atomic E-state index is 13.1. The molecule has 2 unspecified atom stereocenters. The number of unbranched alkanes of at least 4 members (excludes halogenated alkanes) is 1. The van der Waals surface area contributed by atoms with Gasteiger partial charge in [0.2, 0.25) is 5.75 Å². The molecule has 1 fully saturated rings. The molecule has 2 aromatic carbocycles. The maximum Gasteiger partial charge on any atom is 0.410 e. The van der Waals surface area contributed by atoms with Gasteiger partial charge in [-0.2, -0.15) is 0 Å². The van der Waals surface area contributed by atoms with Gasteiger partial charge in [0.25, 0.3) is 5.69 Å². The topological polar surface area (TPSA) is 158 Å². The lowest BCUT2D eigenvalue weighted by Crippen LogP contribution is -2.38. The van der Waals surface area contributed by atoms with Crippen molar-refractivity contribution in [3.8, 4) is 11.5 Å². The summed E-state index contributed by atoms with van der Waals surface area (Å²) in [4.78, 5) is 41.4. The van der Waals surface area contributed by atoms with Crippen molar-refractivity contribution in [1.29, 1.82) is 0 Å². The van der Waals surface area contributed by atoms with Gasteiger partial charge in [-0.3, -0.25) is 20.2 Å². The van der Waals surface area contributed by atoms with E-state index in [0.717, 1.165) is 31.0 Å². The molecule has 0 radical (unpaired) electrons. The van der Waals surface area contributed by atoms with E-state index >= 15 is 0 Å². The molecule has 38 heavy (non-hydrogen) atoms. The molecular weight excluding hydrogens is 496 g/mol. The van der Waals surface area contributed by atoms with Crippen molar-refractivity contribution in [2.24, 2.45) is 11.1 Å². The number of likely N-dealkylation sites (tertiary alicyclic amines) is 1. The van der Waals surface area contributed by atoms with E-state index in [9.17, 15) is 30.1 Å². The van der Waals surface area contributed by atoms with Crippen LogP contribution in [0.2, 0.25) is 0 Å². The van der Waals surface area contributed by atoms with Crippen molar-refractivity contribution in [3.05, 3.63) is 68.3 Å². The molecule has 1 aliphatic rings. The Morgan fingerprint density at radius 2 is 1.89 bits per heavy atom. The van der Waals surface area contributed by atoms with Crippen LogP contribution in [0.3, 0.4) is 0 Å². The first-order valence-electron chi connectivity index (χ1n) is 12.4. The number of nitro groups is 2. The van der Waals surface area contributed by atoms with Gasteiger partial charge in [-0.05, 0) is 63.8 Å². The Kier molecular flexibility index (Phi) is 8.87. The highest BCUT2D eigenvalue weighted by atomic mass is 16.7. The van der Waals surface area contributed by atoms with Gasteiger partial charge in [-0.15, -0.1) is 0 Å². The summed E-state index contributed by atoms with van der Waals surface area (Å²) >= 11 is 0. The molecule has 12 heteroatoms. The second kappa shape index (κ2) is 11.9. The Labute approximate surface area is 220 Å². The van der Waals surface area contributed by atoms with Gasteiger partial charge >= 0.3 is 11.8 Å². The average Bonchev–Trinajstić information content (AvgIpc) is 3.28. The number of non-ortho nitro benzene ring substituents is 1. The minimum absolute atomic E-state index is 0.0436. The third-order valence-electron chi connectivity index (χ3n) is 6.06. The van der Waals surface area contributed by atoms with Crippen LogP contribution in [0, 0.1) is 26.1 Å². The summed E-state index contributed by atoms with van der Waals surface area (Å²) in [6, 6.07) is 9.17. The number of amides is 1. The quantitative estimate of drug-likeness (QED) is 0.231. The first-order chi connectivity index (χ1) is 17.9. The molecule has 0 saturated carbocycles.